The van der Waals surface area contributed by atoms with Crippen molar-refractivity contribution >= 4 is 33.6 Å². The number of aromatic nitrogens is 3. The van der Waals surface area contributed by atoms with Crippen molar-refractivity contribution in [2.24, 2.45) is 0 Å². The maximum Gasteiger partial charge on any atom is 0.417 e. The molecule has 1 N–H and O–H groups in total. The molecule has 0 unspecified atom stereocenters. The van der Waals surface area contributed by atoms with Gasteiger partial charge in [-0.05, 0) is 36.8 Å². The molecule has 2 heterocycles. The quantitative estimate of drug-likeness (QED) is 0.228. The van der Waals surface area contributed by atoms with E-state index in [1.807, 2.05) is 11.6 Å². The smallest absolute Gasteiger partial charge is 0.417 e. The van der Waals surface area contributed by atoms with Crippen LogP contribution in [0.1, 0.15) is 37.3 Å². The monoisotopic (exact) mass is 570 g/mol. The van der Waals surface area contributed by atoms with Gasteiger partial charge in [0.15, 0.2) is 0 Å². The minimum absolute atomic E-state index is 0.0116. The standard InChI is InChI=1S/C24H22ClF3N4O5S/c1-2-3-4-12-38(34,35)32-21(33)9-7-16-6-8-18(36-23-29-10-5-11-30-23)14-20(16)37-22-19(25)13-17(15-31-22)24(26,27)28/h5-11,13-15H,2-4,12H2,1H3,(H,32,33). The first-order valence-electron chi connectivity index (χ1n) is 11.2. The molecule has 0 saturated carbocycles. The van der Waals surface area contributed by atoms with Gasteiger partial charge in [0, 0.05) is 36.3 Å². The number of alkyl halides is 3. The fourth-order valence-electron chi connectivity index (χ4n) is 2.95. The number of unbranched alkanes of at least 4 members (excludes halogenated alkanes) is 2. The average Bonchev–Trinajstić information content (AvgIpc) is 2.84. The van der Waals surface area contributed by atoms with Crippen molar-refractivity contribution < 1.29 is 35.9 Å². The van der Waals surface area contributed by atoms with Gasteiger partial charge in [-0.1, -0.05) is 31.4 Å². The molecule has 0 aliphatic heterocycles. The van der Waals surface area contributed by atoms with Gasteiger partial charge in [-0.2, -0.15) is 13.2 Å². The van der Waals surface area contributed by atoms with Gasteiger partial charge in [-0.25, -0.2) is 28.1 Å². The molecule has 1 amide bonds. The summed E-state index contributed by atoms with van der Waals surface area (Å²) in [5, 5.41) is -0.414. The van der Waals surface area contributed by atoms with Crippen LogP contribution in [0.25, 0.3) is 6.08 Å². The van der Waals surface area contributed by atoms with Gasteiger partial charge < -0.3 is 9.47 Å². The summed E-state index contributed by atoms with van der Waals surface area (Å²) in [6.07, 6.45) is 2.98. The van der Waals surface area contributed by atoms with E-state index in [4.69, 9.17) is 21.1 Å². The lowest BCUT2D eigenvalue weighted by Crippen LogP contribution is -2.31. The summed E-state index contributed by atoms with van der Waals surface area (Å²) >= 11 is 5.97. The molecule has 0 saturated heterocycles. The largest absolute Gasteiger partial charge is 0.437 e. The summed E-state index contributed by atoms with van der Waals surface area (Å²) in [6, 6.07) is 6.57. The molecule has 2 aromatic heterocycles. The molecule has 9 nitrogen and oxygen atoms in total. The summed E-state index contributed by atoms with van der Waals surface area (Å²) in [7, 11) is -3.81. The van der Waals surface area contributed by atoms with Crippen molar-refractivity contribution in [1.29, 1.82) is 0 Å². The van der Waals surface area contributed by atoms with E-state index in [9.17, 15) is 26.4 Å². The van der Waals surface area contributed by atoms with Crippen LogP contribution in [0.4, 0.5) is 13.2 Å². The van der Waals surface area contributed by atoms with Gasteiger partial charge >= 0.3 is 12.2 Å². The van der Waals surface area contributed by atoms with Crippen LogP contribution in [0.3, 0.4) is 0 Å². The Hall–Kier alpha value is -3.71. The predicted octanol–water partition coefficient (Wildman–Crippen LogP) is 5.78. The molecule has 1 aromatic carbocycles. The molecule has 0 aliphatic carbocycles. The van der Waals surface area contributed by atoms with E-state index in [1.165, 1.54) is 36.7 Å². The summed E-state index contributed by atoms with van der Waals surface area (Å²) in [6.45, 7) is 1.92. The summed E-state index contributed by atoms with van der Waals surface area (Å²) in [5.41, 5.74) is -0.826. The number of hydrogen-bond acceptors (Lipinski definition) is 8. The van der Waals surface area contributed by atoms with Crippen LogP contribution < -0.4 is 14.2 Å². The van der Waals surface area contributed by atoms with Gasteiger partial charge in [0.25, 0.3) is 5.91 Å². The number of sulfonamides is 1. The van der Waals surface area contributed by atoms with Crippen LogP contribution >= 0.6 is 11.6 Å². The van der Waals surface area contributed by atoms with Gasteiger partial charge in [-0.3, -0.25) is 4.79 Å². The molecule has 0 fully saturated rings. The van der Waals surface area contributed by atoms with Crippen molar-refractivity contribution in [3.63, 3.8) is 0 Å². The lowest BCUT2D eigenvalue weighted by Gasteiger charge is -2.13. The molecular formula is C24H22ClF3N4O5S. The highest BCUT2D eigenvalue weighted by atomic mass is 35.5. The number of halogens is 4. The third-order valence-electron chi connectivity index (χ3n) is 4.76. The number of hydrogen-bond donors (Lipinski definition) is 1. The Kier molecular flexibility index (Phi) is 9.64. The summed E-state index contributed by atoms with van der Waals surface area (Å²) in [4.78, 5) is 23.8. The minimum Gasteiger partial charge on any atom is -0.437 e. The Bertz CT molecular complexity index is 1400. The fraction of sp³-hybridized carbons (Fsp3) is 0.250. The second kappa shape index (κ2) is 12.7. The van der Waals surface area contributed by atoms with E-state index in [-0.39, 0.29) is 34.7 Å². The minimum atomic E-state index is -4.66. The number of carbonyl (C=O) groups excluding carboxylic acids is 1. The Morgan fingerprint density at radius 3 is 2.50 bits per heavy atom. The predicted molar refractivity (Wildman–Crippen MR) is 133 cm³/mol. The third kappa shape index (κ3) is 8.70. The van der Waals surface area contributed by atoms with Crippen molar-refractivity contribution in [1.82, 2.24) is 19.7 Å². The first-order chi connectivity index (χ1) is 18.0. The number of nitrogens with zero attached hydrogens (tertiary/aromatic N) is 3. The molecule has 0 spiro atoms. The molecule has 0 aliphatic rings. The number of benzene rings is 1. The van der Waals surface area contributed by atoms with E-state index < -0.39 is 32.7 Å². The van der Waals surface area contributed by atoms with Gasteiger partial charge in [0.1, 0.15) is 16.5 Å². The van der Waals surface area contributed by atoms with Crippen LogP contribution in [0.15, 0.2) is 55.0 Å². The molecular weight excluding hydrogens is 549 g/mol. The number of ether oxygens (including phenoxy) is 2. The fourth-order valence-corrected chi connectivity index (χ4v) is 4.22. The second-order valence-electron chi connectivity index (χ2n) is 7.77. The number of rotatable bonds is 11. The number of pyridine rings is 1. The van der Waals surface area contributed by atoms with E-state index in [1.54, 1.807) is 6.07 Å². The molecule has 0 bridgehead atoms. The molecule has 0 radical (unpaired) electrons. The first-order valence-corrected chi connectivity index (χ1v) is 13.2. The molecule has 202 valence electrons. The highest BCUT2D eigenvalue weighted by Gasteiger charge is 2.32. The van der Waals surface area contributed by atoms with Crippen LogP contribution in [-0.2, 0) is 21.0 Å². The van der Waals surface area contributed by atoms with Crippen molar-refractivity contribution in [3.05, 3.63) is 71.1 Å². The Balaban J connectivity index is 1.87. The number of nitrogens with one attached hydrogen (secondary N) is 1. The maximum absolute atomic E-state index is 13.0. The Labute approximate surface area is 221 Å². The Morgan fingerprint density at radius 2 is 1.84 bits per heavy atom. The zero-order chi connectivity index (χ0) is 27.8. The zero-order valence-electron chi connectivity index (χ0n) is 19.9. The summed E-state index contributed by atoms with van der Waals surface area (Å²) in [5.74, 6) is -1.25. The molecule has 0 atom stereocenters. The van der Waals surface area contributed by atoms with Crippen molar-refractivity contribution in [2.75, 3.05) is 5.75 Å². The Morgan fingerprint density at radius 1 is 1.11 bits per heavy atom. The molecule has 38 heavy (non-hydrogen) atoms. The van der Waals surface area contributed by atoms with Crippen molar-refractivity contribution in [2.45, 2.75) is 32.4 Å². The summed E-state index contributed by atoms with van der Waals surface area (Å²) < 4.78 is 76.2. The maximum atomic E-state index is 13.0. The topological polar surface area (TPSA) is 120 Å². The lowest BCUT2D eigenvalue weighted by molar-refractivity contribution is -0.137. The van der Waals surface area contributed by atoms with Crippen LogP contribution in [-0.4, -0.2) is 35.0 Å². The van der Waals surface area contributed by atoms with Crippen molar-refractivity contribution in [3.8, 4) is 23.4 Å². The number of amides is 1. The second-order valence-corrected chi connectivity index (χ2v) is 10.0. The van der Waals surface area contributed by atoms with E-state index in [2.05, 4.69) is 15.0 Å². The van der Waals surface area contributed by atoms with E-state index in [0.717, 1.165) is 12.5 Å². The van der Waals surface area contributed by atoms with E-state index >= 15 is 0 Å². The lowest BCUT2D eigenvalue weighted by atomic mass is 10.1. The van der Waals surface area contributed by atoms with Gasteiger partial charge in [-0.15, -0.1) is 0 Å². The zero-order valence-corrected chi connectivity index (χ0v) is 21.5. The van der Waals surface area contributed by atoms with Crippen LogP contribution in [0, 0.1) is 0 Å². The molecule has 14 heteroatoms. The normalized spacial score (nSPS) is 11.9. The van der Waals surface area contributed by atoms with Crippen LogP contribution in [0.5, 0.6) is 23.4 Å². The SMILES string of the molecule is CCCCCS(=O)(=O)NC(=O)C=Cc1ccc(Oc2ncccn2)cc1Oc1ncc(C(F)(F)F)cc1Cl. The first kappa shape index (κ1) is 28.9. The molecule has 3 rings (SSSR count). The van der Waals surface area contributed by atoms with Gasteiger partial charge in [0.2, 0.25) is 15.9 Å². The van der Waals surface area contributed by atoms with Crippen LogP contribution in [0.2, 0.25) is 5.02 Å². The average molecular weight is 571 g/mol. The molecule has 3 aromatic rings. The number of carbonyl (C=O) groups is 1. The third-order valence-corrected chi connectivity index (χ3v) is 6.37. The highest BCUT2D eigenvalue weighted by Crippen LogP contribution is 2.37. The highest BCUT2D eigenvalue weighted by molar-refractivity contribution is 7.90. The van der Waals surface area contributed by atoms with E-state index in [0.29, 0.717) is 25.1 Å². The van der Waals surface area contributed by atoms with Gasteiger partial charge in [0.05, 0.1) is 11.3 Å².